The summed E-state index contributed by atoms with van der Waals surface area (Å²) in [4.78, 5) is 32.6. The maximum Gasteiger partial charge on any atom is 0.338 e. The zero-order valence-corrected chi connectivity index (χ0v) is 26.6. The predicted molar refractivity (Wildman–Crippen MR) is 168 cm³/mol. The Labute approximate surface area is 255 Å². The lowest BCUT2D eigenvalue weighted by Crippen LogP contribution is -2.40. The molecular weight excluding hydrogens is 653 g/mol. The summed E-state index contributed by atoms with van der Waals surface area (Å²) >= 11 is 3.58. The number of halogens is 1. The SMILES string of the molecule is CCOC(=O)C1=C(C)N=c2s/c(=C\c3cc(C)n(-c4ccc(I)cc4)c3C)c(=O)n2[C@@H]1c1cc(OC)ccc1OC. The number of benzene rings is 2. The minimum absolute atomic E-state index is 0.193. The van der Waals surface area contributed by atoms with Crippen molar-refractivity contribution >= 4 is 46.0 Å². The molecule has 0 spiro atoms. The molecule has 0 bridgehead atoms. The van der Waals surface area contributed by atoms with E-state index in [1.54, 1.807) is 50.8 Å². The summed E-state index contributed by atoms with van der Waals surface area (Å²) in [6.07, 6.45) is 1.90. The Balaban J connectivity index is 1.73. The van der Waals surface area contributed by atoms with Crippen LogP contribution in [0.25, 0.3) is 11.8 Å². The number of methoxy groups -OCH3 is 2. The van der Waals surface area contributed by atoms with E-state index in [2.05, 4.69) is 57.5 Å². The summed E-state index contributed by atoms with van der Waals surface area (Å²) in [6.45, 7) is 7.79. The maximum atomic E-state index is 14.1. The molecule has 5 rings (SSSR count). The third-order valence-corrected chi connectivity index (χ3v) is 8.79. The zero-order chi connectivity index (χ0) is 29.4. The molecule has 0 saturated carbocycles. The number of esters is 1. The van der Waals surface area contributed by atoms with Crippen molar-refractivity contribution in [2.24, 2.45) is 4.99 Å². The number of hydrogen-bond acceptors (Lipinski definition) is 7. The second-order valence-corrected chi connectivity index (χ2v) is 11.8. The average molecular weight is 684 g/mol. The number of hydrogen-bond donors (Lipinski definition) is 0. The first-order chi connectivity index (χ1) is 19.7. The van der Waals surface area contributed by atoms with E-state index >= 15 is 0 Å². The molecule has 0 aliphatic carbocycles. The van der Waals surface area contributed by atoms with Gasteiger partial charge in [0.05, 0.1) is 36.6 Å². The van der Waals surface area contributed by atoms with Crippen LogP contribution in [-0.2, 0) is 9.53 Å². The Morgan fingerprint density at radius 1 is 1.07 bits per heavy atom. The van der Waals surface area contributed by atoms with E-state index in [9.17, 15) is 9.59 Å². The van der Waals surface area contributed by atoms with Crippen LogP contribution in [0.5, 0.6) is 11.5 Å². The van der Waals surface area contributed by atoms with Crippen LogP contribution in [0, 0.1) is 17.4 Å². The van der Waals surface area contributed by atoms with Crippen molar-refractivity contribution in [1.29, 1.82) is 0 Å². The van der Waals surface area contributed by atoms with E-state index in [1.807, 2.05) is 19.9 Å². The third kappa shape index (κ3) is 5.26. The van der Waals surface area contributed by atoms with E-state index in [0.717, 1.165) is 26.2 Å². The standard InChI is InChI=1S/C31H30IN3O5S/c1-7-40-30(37)27-18(3)33-31-35(28(27)24-16-23(38-5)12-13-25(24)39-6)29(36)26(41-31)15-20-14-17(2)34(19(20)4)22-10-8-21(32)9-11-22/h8-16,28H,7H2,1-6H3/b26-15-/t28-/m1/s1. The number of allylic oxidation sites excluding steroid dienone is 1. The molecule has 3 heterocycles. The van der Waals surface area contributed by atoms with Crippen LogP contribution in [-0.4, -0.2) is 35.9 Å². The molecule has 1 aliphatic rings. The van der Waals surface area contributed by atoms with Gasteiger partial charge >= 0.3 is 5.97 Å². The van der Waals surface area contributed by atoms with Crippen LogP contribution >= 0.6 is 33.9 Å². The van der Waals surface area contributed by atoms with E-state index in [0.29, 0.717) is 32.1 Å². The van der Waals surface area contributed by atoms with Gasteiger partial charge in [-0.3, -0.25) is 9.36 Å². The van der Waals surface area contributed by atoms with Gasteiger partial charge in [0.25, 0.3) is 5.56 Å². The molecule has 212 valence electrons. The molecular formula is C31H30IN3O5S. The normalized spacial score (nSPS) is 15.0. The first-order valence-corrected chi connectivity index (χ1v) is 14.9. The second kappa shape index (κ2) is 11.7. The van der Waals surface area contributed by atoms with Crippen LogP contribution in [0.15, 0.2) is 69.6 Å². The molecule has 8 nitrogen and oxygen atoms in total. The number of carbonyl (C=O) groups is 1. The summed E-state index contributed by atoms with van der Waals surface area (Å²) in [5.41, 5.74) is 5.19. The number of nitrogens with zero attached hydrogens (tertiary/aromatic N) is 3. The fraction of sp³-hybridized carbons (Fsp3) is 0.258. The molecule has 10 heteroatoms. The molecule has 0 unspecified atom stereocenters. The van der Waals surface area contributed by atoms with Crippen LogP contribution in [0.4, 0.5) is 0 Å². The molecule has 0 saturated heterocycles. The molecule has 0 amide bonds. The Kier molecular flexibility index (Phi) is 8.23. The largest absolute Gasteiger partial charge is 0.497 e. The number of fused-ring (bicyclic) bond motifs is 1. The van der Waals surface area contributed by atoms with Crippen molar-refractivity contribution < 1.29 is 19.0 Å². The van der Waals surface area contributed by atoms with Gasteiger partial charge in [0, 0.05) is 26.2 Å². The fourth-order valence-electron chi connectivity index (χ4n) is 5.20. The Morgan fingerprint density at radius 2 is 1.80 bits per heavy atom. The van der Waals surface area contributed by atoms with Crippen molar-refractivity contribution in [3.8, 4) is 17.2 Å². The summed E-state index contributed by atoms with van der Waals surface area (Å²) in [5.74, 6) is 0.561. The average Bonchev–Trinajstić information content (AvgIpc) is 3.41. The highest BCUT2D eigenvalue weighted by Gasteiger charge is 2.35. The lowest BCUT2D eigenvalue weighted by Gasteiger charge is -2.26. The minimum atomic E-state index is -0.809. The highest BCUT2D eigenvalue weighted by molar-refractivity contribution is 14.1. The van der Waals surface area contributed by atoms with Gasteiger partial charge < -0.3 is 18.8 Å². The zero-order valence-electron chi connectivity index (χ0n) is 23.6. The Hall–Kier alpha value is -3.64. The highest BCUT2D eigenvalue weighted by Crippen LogP contribution is 2.37. The Bertz CT molecular complexity index is 1860. The number of thiazole rings is 1. The first-order valence-electron chi connectivity index (χ1n) is 13.0. The molecule has 1 aliphatic heterocycles. The predicted octanol–water partition coefficient (Wildman–Crippen LogP) is 4.83. The van der Waals surface area contributed by atoms with Gasteiger partial charge in [0.1, 0.15) is 17.5 Å². The van der Waals surface area contributed by atoms with Gasteiger partial charge in [0.2, 0.25) is 0 Å². The monoisotopic (exact) mass is 683 g/mol. The van der Waals surface area contributed by atoms with Gasteiger partial charge in [-0.2, -0.15) is 0 Å². The second-order valence-electron chi connectivity index (χ2n) is 9.55. The summed E-state index contributed by atoms with van der Waals surface area (Å²) in [6, 6.07) is 14.9. The molecule has 0 radical (unpaired) electrons. The molecule has 0 N–H and O–H groups in total. The fourth-order valence-corrected chi connectivity index (χ4v) is 6.60. The van der Waals surface area contributed by atoms with Crippen LogP contribution in [0.2, 0.25) is 0 Å². The number of carbonyl (C=O) groups excluding carboxylic acids is 1. The summed E-state index contributed by atoms with van der Waals surface area (Å²) in [7, 11) is 3.12. The lowest BCUT2D eigenvalue weighted by atomic mass is 9.94. The van der Waals surface area contributed by atoms with E-state index in [1.165, 1.54) is 11.3 Å². The van der Waals surface area contributed by atoms with Gasteiger partial charge in [0.15, 0.2) is 4.80 Å². The number of rotatable bonds is 7. The van der Waals surface area contributed by atoms with Crippen LogP contribution in [0.3, 0.4) is 0 Å². The van der Waals surface area contributed by atoms with Gasteiger partial charge in [-0.1, -0.05) is 11.3 Å². The van der Waals surface area contributed by atoms with Gasteiger partial charge in [-0.05, 0) is 110 Å². The quantitative estimate of drug-likeness (QED) is 0.206. The van der Waals surface area contributed by atoms with Gasteiger partial charge in [-0.25, -0.2) is 9.79 Å². The summed E-state index contributed by atoms with van der Waals surface area (Å²) < 4.78 is 22.0. The van der Waals surface area contributed by atoms with Crippen molar-refractivity contribution in [2.45, 2.75) is 33.7 Å². The summed E-state index contributed by atoms with van der Waals surface area (Å²) in [5, 5.41) is 0. The lowest BCUT2D eigenvalue weighted by molar-refractivity contribution is -0.139. The first kappa shape index (κ1) is 28.9. The van der Waals surface area contributed by atoms with Crippen molar-refractivity contribution in [1.82, 2.24) is 9.13 Å². The van der Waals surface area contributed by atoms with E-state index in [-0.39, 0.29) is 17.7 Å². The maximum absolute atomic E-state index is 14.1. The van der Waals surface area contributed by atoms with Crippen LogP contribution < -0.4 is 24.4 Å². The van der Waals surface area contributed by atoms with Crippen molar-refractivity contribution in [3.05, 3.63) is 106 Å². The molecule has 2 aromatic heterocycles. The molecule has 2 aromatic carbocycles. The van der Waals surface area contributed by atoms with E-state index < -0.39 is 12.0 Å². The number of aromatic nitrogens is 2. The third-order valence-electron chi connectivity index (χ3n) is 7.09. The highest BCUT2D eigenvalue weighted by atomic mass is 127. The Morgan fingerprint density at radius 3 is 2.46 bits per heavy atom. The van der Waals surface area contributed by atoms with E-state index in [4.69, 9.17) is 19.2 Å². The molecule has 4 aromatic rings. The number of aryl methyl sites for hydroxylation is 1. The number of ether oxygens (including phenoxy) is 3. The smallest absolute Gasteiger partial charge is 0.338 e. The van der Waals surface area contributed by atoms with Crippen molar-refractivity contribution in [3.63, 3.8) is 0 Å². The minimum Gasteiger partial charge on any atom is -0.497 e. The topological polar surface area (TPSA) is 84.1 Å². The molecule has 0 fully saturated rings. The van der Waals surface area contributed by atoms with Crippen LogP contribution in [0.1, 0.15) is 42.4 Å². The molecule has 41 heavy (non-hydrogen) atoms. The van der Waals surface area contributed by atoms with Crippen molar-refractivity contribution in [2.75, 3.05) is 20.8 Å². The molecule has 1 atom stereocenters. The van der Waals surface area contributed by atoms with Gasteiger partial charge in [-0.15, -0.1) is 0 Å².